The van der Waals surface area contributed by atoms with Crippen LogP contribution in [0.2, 0.25) is 0 Å². The fourth-order valence-electron chi connectivity index (χ4n) is 3.03. The predicted molar refractivity (Wildman–Crippen MR) is 116 cm³/mol. The maximum absolute atomic E-state index is 12.6. The molecule has 0 aromatic carbocycles. The number of nitrogens with zero attached hydrogens (tertiary/aromatic N) is 1. The number of carboxylic acids is 2. The molecule has 3 atom stereocenters. The summed E-state index contributed by atoms with van der Waals surface area (Å²) >= 11 is 0. The SMILES string of the molecule is CC[C@H](CCCCCCN=C(N)N)C(=O)N[C@@H](CC(=O)O)C(=O)N[C@H](C(=O)O)C(C)C. The van der Waals surface area contributed by atoms with Gasteiger partial charge in [0.15, 0.2) is 5.96 Å². The van der Waals surface area contributed by atoms with Crippen LogP contribution in [0.15, 0.2) is 4.99 Å². The molecule has 11 nitrogen and oxygen atoms in total. The Bertz CT molecular complexity index is 634. The lowest BCUT2D eigenvalue weighted by Gasteiger charge is -2.24. The minimum Gasteiger partial charge on any atom is -0.481 e. The second-order valence-corrected chi connectivity index (χ2v) is 7.84. The Balaban J connectivity index is 4.80. The number of aliphatic carboxylic acids is 2. The van der Waals surface area contributed by atoms with E-state index in [4.69, 9.17) is 16.6 Å². The lowest BCUT2D eigenvalue weighted by Crippen LogP contribution is -2.54. The van der Waals surface area contributed by atoms with E-state index in [0.717, 1.165) is 25.7 Å². The zero-order valence-electron chi connectivity index (χ0n) is 18.6. The van der Waals surface area contributed by atoms with E-state index in [1.165, 1.54) is 0 Å². The van der Waals surface area contributed by atoms with Crippen LogP contribution in [-0.4, -0.2) is 58.6 Å². The molecule has 0 aliphatic rings. The second kappa shape index (κ2) is 15.0. The van der Waals surface area contributed by atoms with Gasteiger partial charge in [0.2, 0.25) is 11.8 Å². The van der Waals surface area contributed by atoms with Crippen LogP contribution < -0.4 is 22.1 Å². The van der Waals surface area contributed by atoms with Crippen LogP contribution >= 0.6 is 0 Å². The number of nitrogens with two attached hydrogens (primary N) is 2. The molecule has 0 aliphatic heterocycles. The van der Waals surface area contributed by atoms with Crippen molar-refractivity contribution >= 4 is 29.7 Å². The summed E-state index contributed by atoms with van der Waals surface area (Å²) in [5.41, 5.74) is 10.5. The summed E-state index contributed by atoms with van der Waals surface area (Å²) in [4.78, 5) is 51.5. The minimum atomic E-state index is -1.35. The number of unbranched alkanes of at least 4 members (excludes halogenated alkanes) is 3. The molecule has 0 spiro atoms. The summed E-state index contributed by atoms with van der Waals surface area (Å²) in [6.07, 6.45) is 3.91. The Kier molecular flexibility index (Phi) is 13.6. The van der Waals surface area contributed by atoms with E-state index < -0.39 is 48.2 Å². The van der Waals surface area contributed by atoms with E-state index in [1.54, 1.807) is 13.8 Å². The summed E-state index contributed by atoms with van der Waals surface area (Å²) in [5, 5.41) is 23.1. The number of nitrogens with one attached hydrogen (secondary N) is 2. The van der Waals surface area contributed by atoms with Gasteiger partial charge in [-0.1, -0.05) is 40.0 Å². The number of hydrogen-bond donors (Lipinski definition) is 6. The number of guanidine groups is 1. The molecule has 0 rings (SSSR count). The Labute approximate surface area is 183 Å². The zero-order valence-corrected chi connectivity index (χ0v) is 18.6. The normalized spacial score (nSPS) is 13.7. The van der Waals surface area contributed by atoms with E-state index in [1.807, 2.05) is 6.92 Å². The van der Waals surface area contributed by atoms with Crippen molar-refractivity contribution in [2.45, 2.75) is 77.8 Å². The minimum absolute atomic E-state index is 0.0609. The Hall–Kier alpha value is -2.85. The first kappa shape index (κ1) is 28.1. The summed E-state index contributed by atoms with van der Waals surface area (Å²) in [6.45, 7) is 5.64. The van der Waals surface area contributed by atoms with Gasteiger partial charge in [0, 0.05) is 12.5 Å². The van der Waals surface area contributed by atoms with Crippen molar-refractivity contribution in [1.29, 1.82) is 0 Å². The van der Waals surface area contributed by atoms with Gasteiger partial charge < -0.3 is 32.3 Å². The molecular weight excluding hydrogens is 406 g/mol. The predicted octanol–water partition coefficient (Wildman–Crippen LogP) is 0.421. The van der Waals surface area contributed by atoms with Crippen molar-refractivity contribution in [3.05, 3.63) is 0 Å². The van der Waals surface area contributed by atoms with Crippen LogP contribution in [0, 0.1) is 11.8 Å². The first-order valence-electron chi connectivity index (χ1n) is 10.6. The third kappa shape index (κ3) is 12.4. The first-order valence-corrected chi connectivity index (χ1v) is 10.6. The highest BCUT2D eigenvalue weighted by Gasteiger charge is 2.31. The summed E-state index contributed by atoms with van der Waals surface area (Å²) in [7, 11) is 0. The summed E-state index contributed by atoms with van der Waals surface area (Å²) < 4.78 is 0. The average Bonchev–Trinajstić information content (AvgIpc) is 2.66. The molecular formula is C20H37N5O6. The molecule has 0 unspecified atom stereocenters. The Morgan fingerprint density at radius 2 is 1.55 bits per heavy atom. The van der Waals surface area contributed by atoms with E-state index in [2.05, 4.69) is 15.6 Å². The smallest absolute Gasteiger partial charge is 0.326 e. The topological polar surface area (TPSA) is 197 Å². The molecule has 0 saturated carbocycles. The third-order valence-electron chi connectivity index (χ3n) is 4.86. The molecule has 0 radical (unpaired) electrons. The Morgan fingerprint density at radius 3 is 2.03 bits per heavy atom. The number of carbonyl (C=O) groups excluding carboxylic acids is 2. The van der Waals surface area contributed by atoms with E-state index in [-0.39, 0.29) is 11.9 Å². The van der Waals surface area contributed by atoms with Crippen molar-refractivity contribution in [1.82, 2.24) is 10.6 Å². The molecule has 8 N–H and O–H groups in total. The van der Waals surface area contributed by atoms with E-state index in [9.17, 15) is 24.3 Å². The highest BCUT2D eigenvalue weighted by atomic mass is 16.4. The number of amides is 2. The zero-order chi connectivity index (χ0) is 24.0. The molecule has 0 heterocycles. The number of carbonyl (C=O) groups is 4. The molecule has 0 aromatic rings. The van der Waals surface area contributed by atoms with Crippen LogP contribution in [0.25, 0.3) is 0 Å². The van der Waals surface area contributed by atoms with Gasteiger partial charge in [0.1, 0.15) is 12.1 Å². The van der Waals surface area contributed by atoms with Gasteiger partial charge in [-0.3, -0.25) is 19.4 Å². The van der Waals surface area contributed by atoms with Crippen LogP contribution in [0.5, 0.6) is 0 Å². The van der Waals surface area contributed by atoms with Gasteiger partial charge in [-0.25, -0.2) is 4.79 Å². The largest absolute Gasteiger partial charge is 0.481 e. The van der Waals surface area contributed by atoms with Crippen molar-refractivity contribution in [3.63, 3.8) is 0 Å². The van der Waals surface area contributed by atoms with Gasteiger partial charge in [-0.15, -0.1) is 0 Å². The Morgan fingerprint density at radius 1 is 0.935 bits per heavy atom. The maximum Gasteiger partial charge on any atom is 0.326 e. The van der Waals surface area contributed by atoms with Crippen molar-refractivity contribution < 1.29 is 29.4 Å². The standard InChI is InChI=1S/C20H37N5O6/c1-4-13(9-7-5-6-8-10-23-20(21)22)17(28)24-14(11-15(26)27)18(29)25-16(12(2)3)19(30)31/h12-14,16H,4-11H2,1-3H3,(H,24,28)(H,25,29)(H,26,27)(H,30,31)(H4,21,22,23)/t13-,14+,16+/m1/s1. The molecule has 0 fully saturated rings. The number of hydrogen-bond acceptors (Lipinski definition) is 5. The highest BCUT2D eigenvalue weighted by Crippen LogP contribution is 2.15. The molecule has 0 aliphatic carbocycles. The number of aliphatic imine (C=N–C) groups is 1. The lowest BCUT2D eigenvalue weighted by atomic mass is 9.96. The summed E-state index contributed by atoms with van der Waals surface area (Å²) in [6, 6.07) is -2.53. The van der Waals surface area contributed by atoms with Gasteiger partial charge in [-0.2, -0.15) is 0 Å². The lowest BCUT2D eigenvalue weighted by molar-refractivity contribution is -0.144. The van der Waals surface area contributed by atoms with Crippen molar-refractivity contribution in [3.8, 4) is 0 Å². The van der Waals surface area contributed by atoms with E-state index >= 15 is 0 Å². The molecule has 0 saturated heterocycles. The van der Waals surface area contributed by atoms with Gasteiger partial charge >= 0.3 is 11.9 Å². The molecule has 0 aromatic heterocycles. The fourth-order valence-corrected chi connectivity index (χ4v) is 3.03. The molecule has 178 valence electrons. The van der Waals surface area contributed by atoms with E-state index in [0.29, 0.717) is 19.4 Å². The monoisotopic (exact) mass is 443 g/mol. The molecule has 31 heavy (non-hydrogen) atoms. The van der Waals surface area contributed by atoms with Gasteiger partial charge in [0.05, 0.1) is 6.42 Å². The highest BCUT2D eigenvalue weighted by molar-refractivity contribution is 5.93. The van der Waals surface area contributed by atoms with Crippen LogP contribution in [0.3, 0.4) is 0 Å². The van der Waals surface area contributed by atoms with Gasteiger partial charge in [-0.05, 0) is 25.2 Å². The quantitative estimate of drug-likeness (QED) is 0.112. The molecule has 2 amide bonds. The van der Waals surface area contributed by atoms with Crippen LogP contribution in [0.1, 0.15) is 65.7 Å². The molecule has 0 bridgehead atoms. The molecule has 11 heteroatoms. The number of carboxylic acid groups (broad SMARTS) is 2. The maximum atomic E-state index is 12.6. The van der Waals surface area contributed by atoms with Crippen LogP contribution in [0.4, 0.5) is 0 Å². The fraction of sp³-hybridized carbons (Fsp3) is 0.750. The van der Waals surface area contributed by atoms with Crippen molar-refractivity contribution in [2.75, 3.05) is 6.54 Å². The third-order valence-corrected chi connectivity index (χ3v) is 4.86. The summed E-state index contributed by atoms with van der Waals surface area (Å²) in [5.74, 6) is -4.46. The van der Waals surface area contributed by atoms with Gasteiger partial charge in [0.25, 0.3) is 0 Å². The van der Waals surface area contributed by atoms with Crippen LogP contribution in [-0.2, 0) is 19.2 Å². The average molecular weight is 444 g/mol. The van der Waals surface area contributed by atoms with Crippen molar-refractivity contribution in [2.24, 2.45) is 28.3 Å². The number of rotatable bonds is 16. The second-order valence-electron chi connectivity index (χ2n) is 7.84. The first-order chi connectivity index (χ1) is 14.5.